The van der Waals surface area contributed by atoms with E-state index in [0.717, 1.165) is 43.7 Å². The molecule has 3 rings (SSSR count). The monoisotopic (exact) mass is 273 g/mol. The number of carbonyl (C=O) groups is 1. The van der Waals surface area contributed by atoms with Crippen molar-refractivity contribution in [2.75, 3.05) is 36.5 Å². The third kappa shape index (κ3) is 2.18. The first-order valence-electron chi connectivity index (χ1n) is 7.54. The zero-order valence-electron chi connectivity index (χ0n) is 12.1. The molecule has 2 aliphatic rings. The van der Waals surface area contributed by atoms with Crippen molar-refractivity contribution in [3.8, 4) is 0 Å². The van der Waals surface area contributed by atoms with Crippen LogP contribution in [-0.4, -0.2) is 32.6 Å². The first-order valence-corrected chi connectivity index (χ1v) is 7.54. The molecule has 4 nitrogen and oxygen atoms in total. The van der Waals surface area contributed by atoms with Crippen molar-refractivity contribution in [3.05, 3.63) is 24.3 Å². The molecule has 1 saturated carbocycles. The summed E-state index contributed by atoms with van der Waals surface area (Å²) in [7, 11) is 2.08. The maximum absolute atomic E-state index is 12.9. The summed E-state index contributed by atoms with van der Waals surface area (Å²) in [6, 6.07) is 8.17. The van der Waals surface area contributed by atoms with E-state index in [9.17, 15) is 4.79 Å². The Morgan fingerprint density at radius 2 is 2.00 bits per heavy atom. The van der Waals surface area contributed by atoms with Gasteiger partial charge in [0.1, 0.15) is 0 Å². The molecular formula is C16H23N3O. The first-order chi connectivity index (χ1) is 9.72. The first kappa shape index (κ1) is 13.4. The van der Waals surface area contributed by atoms with E-state index in [1.165, 1.54) is 0 Å². The van der Waals surface area contributed by atoms with Crippen LogP contribution in [0.25, 0.3) is 0 Å². The fraction of sp³-hybridized carbons (Fsp3) is 0.562. The number of fused-ring (bicyclic) bond motifs is 1. The zero-order chi connectivity index (χ0) is 14.1. The van der Waals surface area contributed by atoms with Crippen molar-refractivity contribution in [2.24, 2.45) is 17.6 Å². The van der Waals surface area contributed by atoms with E-state index in [1.807, 2.05) is 17.0 Å². The third-order valence-corrected chi connectivity index (χ3v) is 4.79. The Bertz CT molecular complexity index is 502. The number of anilines is 2. The molecule has 0 bridgehead atoms. The highest BCUT2D eigenvalue weighted by Gasteiger charge is 2.36. The minimum absolute atomic E-state index is 0.122. The van der Waals surface area contributed by atoms with Gasteiger partial charge in [-0.1, -0.05) is 18.6 Å². The molecule has 2 unspecified atom stereocenters. The molecule has 1 heterocycles. The molecule has 4 heteroatoms. The molecule has 2 N–H and O–H groups in total. The second-order valence-corrected chi connectivity index (χ2v) is 5.93. The van der Waals surface area contributed by atoms with E-state index < -0.39 is 0 Å². The minimum atomic E-state index is 0.122. The van der Waals surface area contributed by atoms with E-state index in [2.05, 4.69) is 24.1 Å². The third-order valence-electron chi connectivity index (χ3n) is 4.79. The van der Waals surface area contributed by atoms with Crippen LogP contribution in [0, 0.1) is 11.8 Å². The molecule has 108 valence electrons. The molecule has 0 radical (unpaired) electrons. The molecule has 2 atom stereocenters. The van der Waals surface area contributed by atoms with Crippen LogP contribution in [0.1, 0.15) is 19.3 Å². The largest absolute Gasteiger partial charge is 0.371 e. The quantitative estimate of drug-likeness (QED) is 0.894. The highest BCUT2D eigenvalue weighted by molar-refractivity contribution is 5.99. The summed E-state index contributed by atoms with van der Waals surface area (Å²) in [5.74, 6) is 0.768. The van der Waals surface area contributed by atoms with Gasteiger partial charge in [-0.3, -0.25) is 4.79 Å². The Labute approximate surface area is 120 Å². The molecule has 0 spiro atoms. The zero-order valence-corrected chi connectivity index (χ0v) is 12.1. The molecular weight excluding hydrogens is 250 g/mol. The highest BCUT2D eigenvalue weighted by atomic mass is 16.2. The number of nitrogens with zero attached hydrogens (tertiary/aromatic N) is 2. The Morgan fingerprint density at radius 3 is 2.75 bits per heavy atom. The Kier molecular flexibility index (Phi) is 3.66. The van der Waals surface area contributed by atoms with Crippen molar-refractivity contribution >= 4 is 17.3 Å². The summed E-state index contributed by atoms with van der Waals surface area (Å²) in [5, 5.41) is 0. The van der Waals surface area contributed by atoms with Crippen molar-refractivity contribution < 1.29 is 4.79 Å². The van der Waals surface area contributed by atoms with Crippen molar-refractivity contribution in [2.45, 2.75) is 19.3 Å². The van der Waals surface area contributed by atoms with Crippen LogP contribution in [-0.2, 0) is 4.79 Å². The Balaban J connectivity index is 1.88. The SMILES string of the molecule is CN1CCN(C(=O)C2CCCC2CN)c2ccccc21. The lowest BCUT2D eigenvalue weighted by molar-refractivity contribution is -0.123. The second kappa shape index (κ2) is 5.44. The van der Waals surface area contributed by atoms with E-state index >= 15 is 0 Å². The average molecular weight is 273 g/mol. The van der Waals surface area contributed by atoms with Gasteiger partial charge in [0.15, 0.2) is 0 Å². The van der Waals surface area contributed by atoms with Gasteiger partial charge < -0.3 is 15.5 Å². The number of rotatable bonds is 2. The van der Waals surface area contributed by atoms with Crippen molar-refractivity contribution in [1.82, 2.24) is 0 Å². The fourth-order valence-corrected chi connectivity index (χ4v) is 3.58. The molecule has 1 aliphatic heterocycles. The van der Waals surface area contributed by atoms with Crippen LogP contribution in [0.2, 0.25) is 0 Å². The number of likely N-dealkylation sites (N-methyl/N-ethyl adjacent to an activating group) is 1. The normalized spacial score (nSPS) is 25.7. The molecule has 0 aromatic heterocycles. The highest BCUT2D eigenvalue weighted by Crippen LogP contribution is 2.37. The van der Waals surface area contributed by atoms with Gasteiger partial charge in [0.2, 0.25) is 5.91 Å². The molecule has 20 heavy (non-hydrogen) atoms. The molecule has 1 aromatic rings. The number of benzene rings is 1. The number of hydrogen-bond donors (Lipinski definition) is 1. The number of hydrogen-bond acceptors (Lipinski definition) is 3. The molecule has 1 aliphatic carbocycles. The summed E-state index contributed by atoms with van der Waals surface area (Å²) in [4.78, 5) is 17.1. The van der Waals surface area contributed by atoms with Gasteiger partial charge in [-0.15, -0.1) is 0 Å². The smallest absolute Gasteiger partial charge is 0.230 e. The van der Waals surface area contributed by atoms with E-state index in [4.69, 9.17) is 5.73 Å². The predicted molar refractivity (Wildman–Crippen MR) is 82.0 cm³/mol. The summed E-state index contributed by atoms with van der Waals surface area (Å²) < 4.78 is 0. The van der Waals surface area contributed by atoms with Crippen molar-refractivity contribution in [3.63, 3.8) is 0 Å². The van der Waals surface area contributed by atoms with Gasteiger partial charge in [0.25, 0.3) is 0 Å². The summed E-state index contributed by atoms with van der Waals surface area (Å²) in [5.41, 5.74) is 8.03. The van der Waals surface area contributed by atoms with Crippen LogP contribution in [0.5, 0.6) is 0 Å². The standard InChI is InChI=1S/C16H23N3O/c1-18-9-10-19(15-8-3-2-7-14(15)18)16(20)13-6-4-5-12(13)11-17/h2-3,7-8,12-13H,4-6,9-11,17H2,1H3. The van der Waals surface area contributed by atoms with Gasteiger partial charge in [0.05, 0.1) is 11.4 Å². The number of amides is 1. The lowest BCUT2D eigenvalue weighted by Gasteiger charge is -2.37. The van der Waals surface area contributed by atoms with Crippen LogP contribution in [0.15, 0.2) is 24.3 Å². The van der Waals surface area contributed by atoms with Crippen LogP contribution >= 0.6 is 0 Å². The average Bonchev–Trinajstić information content (AvgIpc) is 2.96. The molecule has 1 aromatic carbocycles. The van der Waals surface area contributed by atoms with Gasteiger partial charge in [0, 0.05) is 26.1 Å². The summed E-state index contributed by atoms with van der Waals surface area (Å²) in [6.45, 7) is 2.30. The van der Waals surface area contributed by atoms with E-state index in [1.54, 1.807) is 0 Å². The fourth-order valence-electron chi connectivity index (χ4n) is 3.58. The maximum atomic E-state index is 12.9. The summed E-state index contributed by atoms with van der Waals surface area (Å²) >= 11 is 0. The minimum Gasteiger partial charge on any atom is -0.371 e. The lowest BCUT2D eigenvalue weighted by Crippen LogP contribution is -2.46. The van der Waals surface area contributed by atoms with Crippen LogP contribution in [0.3, 0.4) is 0 Å². The topological polar surface area (TPSA) is 49.6 Å². The lowest BCUT2D eigenvalue weighted by atomic mass is 9.94. The van der Waals surface area contributed by atoms with Gasteiger partial charge in [-0.05, 0) is 37.4 Å². The number of carbonyl (C=O) groups excluding carboxylic acids is 1. The maximum Gasteiger partial charge on any atom is 0.230 e. The van der Waals surface area contributed by atoms with Gasteiger partial charge >= 0.3 is 0 Å². The van der Waals surface area contributed by atoms with Crippen molar-refractivity contribution in [1.29, 1.82) is 0 Å². The van der Waals surface area contributed by atoms with Crippen LogP contribution in [0.4, 0.5) is 11.4 Å². The predicted octanol–water partition coefficient (Wildman–Crippen LogP) is 1.84. The molecule has 1 amide bonds. The number of para-hydroxylation sites is 2. The van der Waals surface area contributed by atoms with Gasteiger partial charge in [-0.2, -0.15) is 0 Å². The van der Waals surface area contributed by atoms with E-state index in [0.29, 0.717) is 12.5 Å². The van der Waals surface area contributed by atoms with Gasteiger partial charge in [-0.25, -0.2) is 0 Å². The van der Waals surface area contributed by atoms with Crippen LogP contribution < -0.4 is 15.5 Å². The molecule has 0 saturated heterocycles. The number of nitrogens with two attached hydrogens (primary N) is 1. The molecule has 1 fully saturated rings. The Hall–Kier alpha value is -1.55. The second-order valence-electron chi connectivity index (χ2n) is 5.93. The van der Waals surface area contributed by atoms with E-state index in [-0.39, 0.29) is 11.8 Å². The summed E-state index contributed by atoms with van der Waals surface area (Å²) in [6.07, 6.45) is 3.23. The Morgan fingerprint density at radius 1 is 1.25 bits per heavy atom.